The van der Waals surface area contributed by atoms with Crippen molar-refractivity contribution in [1.29, 1.82) is 0 Å². The van der Waals surface area contributed by atoms with Crippen LogP contribution in [0.15, 0.2) is 0 Å². The summed E-state index contributed by atoms with van der Waals surface area (Å²) in [6, 6.07) is 0.216. The van der Waals surface area contributed by atoms with Gasteiger partial charge in [0.05, 0.1) is 12.5 Å². The zero-order chi connectivity index (χ0) is 12.1. The molecule has 1 saturated heterocycles. The highest BCUT2D eigenvalue weighted by Gasteiger charge is 2.29. The Kier molecular flexibility index (Phi) is 4.89. The molecule has 5 heteroatoms. The van der Waals surface area contributed by atoms with E-state index in [4.69, 9.17) is 0 Å². The van der Waals surface area contributed by atoms with Gasteiger partial charge in [0.15, 0.2) is 0 Å². The van der Waals surface area contributed by atoms with Crippen LogP contribution in [0.1, 0.15) is 26.7 Å². The Morgan fingerprint density at radius 1 is 1.50 bits per heavy atom. The van der Waals surface area contributed by atoms with Crippen molar-refractivity contribution in [3.63, 3.8) is 0 Å². The molecule has 2 N–H and O–H groups in total. The molecule has 1 unspecified atom stereocenters. The molecule has 0 aliphatic carbocycles. The second-order valence-electron chi connectivity index (χ2n) is 4.55. The maximum atomic E-state index is 11.2. The van der Waals surface area contributed by atoms with E-state index in [0.29, 0.717) is 6.04 Å². The standard InChI is InChI=1S/C11H21N3O2/c1-8(2)14(3)6-4-5-12-9-7-10(15)13-11(9)16/h8-9,12H,4-7H2,1-3H3,(H,13,15,16). The molecule has 0 spiro atoms. The summed E-state index contributed by atoms with van der Waals surface area (Å²) in [5.74, 6) is -0.371. The molecule has 0 aromatic rings. The zero-order valence-electron chi connectivity index (χ0n) is 10.2. The van der Waals surface area contributed by atoms with Gasteiger partial charge in [-0.05, 0) is 40.4 Å². The van der Waals surface area contributed by atoms with Crippen LogP contribution >= 0.6 is 0 Å². The largest absolute Gasteiger partial charge is 0.305 e. The molecule has 0 aromatic carbocycles. The molecular formula is C11H21N3O2. The van der Waals surface area contributed by atoms with E-state index >= 15 is 0 Å². The van der Waals surface area contributed by atoms with Crippen LogP contribution in [0, 0.1) is 0 Å². The molecule has 2 amide bonds. The lowest BCUT2D eigenvalue weighted by Crippen LogP contribution is -2.38. The van der Waals surface area contributed by atoms with Gasteiger partial charge in [-0.15, -0.1) is 0 Å². The van der Waals surface area contributed by atoms with E-state index in [0.717, 1.165) is 19.5 Å². The minimum atomic E-state index is -0.322. The number of amides is 2. The number of rotatable bonds is 6. The third kappa shape index (κ3) is 3.90. The van der Waals surface area contributed by atoms with E-state index in [1.807, 2.05) is 0 Å². The van der Waals surface area contributed by atoms with Crippen LogP contribution in [0.5, 0.6) is 0 Å². The summed E-state index contributed by atoms with van der Waals surface area (Å²) in [4.78, 5) is 24.4. The van der Waals surface area contributed by atoms with Crippen molar-refractivity contribution >= 4 is 11.8 Å². The van der Waals surface area contributed by atoms with Crippen molar-refractivity contribution in [2.24, 2.45) is 0 Å². The van der Waals surface area contributed by atoms with Crippen molar-refractivity contribution < 1.29 is 9.59 Å². The number of nitrogens with one attached hydrogen (secondary N) is 2. The third-order valence-electron chi connectivity index (χ3n) is 2.93. The molecule has 1 rings (SSSR count). The van der Waals surface area contributed by atoms with Gasteiger partial charge >= 0.3 is 0 Å². The van der Waals surface area contributed by atoms with Gasteiger partial charge in [-0.3, -0.25) is 14.9 Å². The van der Waals surface area contributed by atoms with Crippen LogP contribution in [0.3, 0.4) is 0 Å². The van der Waals surface area contributed by atoms with E-state index in [1.165, 1.54) is 0 Å². The van der Waals surface area contributed by atoms with Crippen molar-refractivity contribution in [1.82, 2.24) is 15.5 Å². The van der Waals surface area contributed by atoms with Crippen molar-refractivity contribution in [3.05, 3.63) is 0 Å². The number of carbonyl (C=O) groups excluding carboxylic acids is 2. The summed E-state index contributed by atoms with van der Waals surface area (Å²) in [7, 11) is 2.08. The monoisotopic (exact) mass is 227 g/mol. The Balaban J connectivity index is 2.12. The lowest BCUT2D eigenvalue weighted by atomic mass is 10.2. The Hall–Kier alpha value is -0.940. The molecule has 5 nitrogen and oxygen atoms in total. The number of hydrogen-bond acceptors (Lipinski definition) is 4. The summed E-state index contributed by atoms with van der Waals surface area (Å²) in [5, 5.41) is 5.38. The van der Waals surface area contributed by atoms with E-state index in [-0.39, 0.29) is 24.3 Å². The second kappa shape index (κ2) is 5.96. The van der Waals surface area contributed by atoms with Gasteiger partial charge in [0.2, 0.25) is 11.8 Å². The Morgan fingerprint density at radius 2 is 2.19 bits per heavy atom. The number of hydrogen-bond donors (Lipinski definition) is 2. The van der Waals surface area contributed by atoms with Gasteiger partial charge in [-0.2, -0.15) is 0 Å². The first kappa shape index (κ1) is 13.1. The molecule has 0 saturated carbocycles. The fourth-order valence-electron chi connectivity index (χ4n) is 1.58. The predicted molar refractivity (Wildman–Crippen MR) is 61.9 cm³/mol. The Labute approximate surface area is 96.6 Å². The van der Waals surface area contributed by atoms with Crippen LogP contribution in [0.2, 0.25) is 0 Å². The highest BCUT2D eigenvalue weighted by molar-refractivity contribution is 6.05. The third-order valence-corrected chi connectivity index (χ3v) is 2.93. The summed E-state index contributed by atoms with van der Waals surface area (Å²) in [6.07, 6.45) is 1.26. The molecule has 1 aliphatic heterocycles. The maximum absolute atomic E-state index is 11.2. The van der Waals surface area contributed by atoms with E-state index < -0.39 is 0 Å². The second-order valence-corrected chi connectivity index (χ2v) is 4.55. The smallest absolute Gasteiger partial charge is 0.244 e. The molecule has 0 aromatic heterocycles. The highest BCUT2D eigenvalue weighted by atomic mass is 16.2. The van der Waals surface area contributed by atoms with E-state index in [2.05, 4.69) is 36.4 Å². The predicted octanol–water partition coefficient (Wildman–Crippen LogP) is -0.279. The molecule has 1 fully saturated rings. The fraction of sp³-hybridized carbons (Fsp3) is 0.818. The lowest BCUT2D eigenvalue weighted by molar-refractivity contribution is -0.125. The van der Waals surface area contributed by atoms with Crippen molar-refractivity contribution in [2.45, 2.75) is 38.8 Å². The first-order valence-electron chi connectivity index (χ1n) is 5.78. The molecule has 1 atom stereocenters. The molecule has 0 radical (unpaired) electrons. The SMILES string of the molecule is CC(C)N(C)CCCNC1CC(=O)NC1=O. The molecule has 16 heavy (non-hydrogen) atoms. The van der Waals surface area contributed by atoms with Crippen LogP contribution in [-0.2, 0) is 9.59 Å². The lowest BCUT2D eigenvalue weighted by Gasteiger charge is -2.21. The summed E-state index contributed by atoms with van der Waals surface area (Å²) in [6.45, 7) is 6.06. The molecule has 1 heterocycles. The van der Waals surface area contributed by atoms with Gasteiger partial charge in [-0.25, -0.2) is 0 Å². The minimum absolute atomic E-state index is 0.179. The van der Waals surface area contributed by atoms with Gasteiger partial charge in [-0.1, -0.05) is 0 Å². The number of carbonyl (C=O) groups is 2. The molecule has 92 valence electrons. The van der Waals surface area contributed by atoms with Crippen LogP contribution in [0.25, 0.3) is 0 Å². The van der Waals surface area contributed by atoms with Crippen LogP contribution < -0.4 is 10.6 Å². The average molecular weight is 227 g/mol. The maximum Gasteiger partial charge on any atom is 0.244 e. The van der Waals surface area contributed by atoms with E-state index in [9.17, 15) is 9.59 Å². The van der Waals surface area contributed by atoms with Gasteiger partial charge in [0.1, 0.15) is 0 Å². The van der Waals surface area contributed by atoms with Crippen LogP contribution in [-0.4, -0.2) is 48.9 Å². The van der Waals surface area contributed by atoms with Gasteiger partial charge < -0.3 is 10.2 Å². The summed E-state index contributed by atoms with van der Waals surface area (Å²) in [5.41, 5.74) is 0. The number of imide groups is 1. The number of nitrogens with zero attached hydrogens (tertiary/aromatic N) is 1. The van der Waals surface area contributed by atoms with E-state index in [1.54, 1.807) is 0 Å². The van der Waals surface area contributed by atoms with Gasteiger partial charge in [0, 0.05) is 6.04 Å². The Morgan fingerprint density at radius 3 is 2.69 bits per heavy atom. The first-order chi connectivity index (χ1) is 7.50. The quantitative estimate of drug-likeness (QED) is 0.484. The minimum Gasteiger partial charge on any atom is -0.305 e. The molecular weight excluding hydrogens is 206 g/mol. The highest BCUT2D eigenvalue weighted by Crippen LogP contribution is 2.01. The summed E-state index contributed by atoms with van der Waals surface area (Å²) < 4.78 is 0. The fourth-order valence-corrected chi connectivity index (χ4v) is 1.58. The molecule has 1 aliphatic rings. The Bertz CT molecular complexity index is 266. The van der Waals surface area contributed by atoms with Crippen molar-refractivity contribution in [3.8, 4) is 0 Å². The van der Waals surface area contributed by atoms with Crippen molar-refractivity contribution in [2.75, 3.05) is 20.1 Å². The summed E-state index contributed by atoms with van der Waals surface area (Å²) >= 11 is 0. The van der Waals surface area contributed by atoms with Gasteiger partial charge in [0.25, 0.3) is 0 Å². The molecule has 0 bridgehead atoms. The average Bonchev–Trinajstić information content (AvgIpc) is 2.51. The topological polar surface area (TPSA) is 61.4 Å². The zero-order valence-corrected chi connectivity index (χ0v) is 10.2. The first-order valence-corrected chi connectivity index (χ1v) is 5.78. The van der Waals surface area contributed by atoms with Crippen LogP contribution in [0.4, 0.5) is 0 Å². The normalized spacial score (nSPS) is 20.9.